The van der Waals surface area contributed by atoms with Crippen LogP contribution in [0.2, 0.25) is 0 Å². The third-order valence-corrected chi connectivity index (χ3v) is 12.6. The molecule has 0 fully saturated rings. The Balaban J connectivity index is 4.46. The first kappa shape index (κ1) is 75.2. The van der Waals surface area contributed by atoms with Crippen molar-refractivity contribution in [2.24, 2.45) is 0 Å². The third kappa shape index (κ3) is 64.9. The fraction of sp³-hybridized carbons (Fsp3) is 0.533. The molecule has 450 valence electrons. The van der Waals surface area contributed by atoms with Crippen LogP contribution in [0.4, 0.5) is 0 Å². The summed E-state index contributed by atoms with van der Waals surface area (Å²) >= 11 is 0. The molecule has 0 spiro atoms. The average molecular weight is 1110 g/mol. The van der Waals surface area contributed by atoms with Crippen molar-refractivity contribution in [1.82, 2.24) is 0 Å². The van der Waals surface area contributed by atoms with Gasteiger partial charge < -0.3 is 14.2 Å². The zero-order valence-electron chi connectivity index (χ0n) is 51.5. The Labute approximate surface area is 497 Å². The molecule has 6 nitrogen and oxygen atoms in total. The number of esters is 3. The van der Waals surface area contributed by atoms with Crippen LogP contribution >= 0.6 is 0 Å². The number of rotatable bonds is 55. The normalized spacial score (nSPS) is 13.5. The van der Waals surface area contributed by atoms with Gasteiger partial charge in [-0.2, -0.15) is 0 Å². The van der Waals surface area contributed by atoms with Gasteiger partial charge in [0.1, 0.15) is 13.2 Å². The van der Waals surface area contributed by atoms with Gasteiger partial charge in [0, 0.05) is 19.3 Å². The van der Waals surface area contributed by atoms with E-state index in [-0.39, 0.29) is 44.0 Å². The summed E-state index contributed by atoms with van der Waals surface area (Å²) in [6.07, 6.45) is 102. The van der Waals surface area contributed by atoms with Crippen LogP contribution in [0.1, 0.15) is 239 Å². The van der Waals surface area contributed by atoms with Gasteiger partial charge in [-0.1, -0.05) is 267 Å². The number of carbonyl (C=O) groups is 3. The molecule has 0 radical (unpaired) electrons. The lowest BCUT2D eigenvalue weighted by molar-refractivity contribution is -0.166. The third-order valence-electron chi connectivity index (χ3n) is 12.6. The smallest absolute Gasteiger partial charge is 0.306 e. The van der Waals surface area contributed by atoms with Gasteiger partial charge in [0.05, 0.1) is 0 Å². The highest BCUT2D eigenvalue weighted by atomic mass is 16.6. The summed E-state index contributed by atoms with van der Waals surface area (Å²) in [5.74, 6) is -1.05. The Bertz CT molecular complexity index is 1950. The molecule has 0 aromatic rings. The van der Waals surface area contributed by atoms with Crippen molar-refractivity contribution >= 4 is 17.9 Å². The van der Waals surface area contributed by atoms with Crippen molar-refractivity contribution in [2.75, 3.05) is 13.2 Å². The highest BCUT2D eigenvalue weighted by molar-refractivity contribution is 5.71. The van der Waals surface area contributed by atoms with E-state index >= 15 is 0 Å². The van der Waals surface area contributed by atoms with Gasteiger partial charge >= 0.3 is 17.9 Å². The van der Waals surface area contributed by atoms with Crippen molar-refractivity contribution in [3.8, 4) is 0 Å². The molecular weight excluding hydrogens is 997 g/mol. The van der Waals surface area contributed by atoms with E-state index in [2.05, 4.69) is 203 Å². The standard InChI is InChI=1S/C75H114O6/c1-4-7-10-13-16-19-22-25-27-29-31-33-34-35-36-37-38-39-40-42-43-45-47-50-53-56-59-62-65-68-74(77)80-71-72(70-79-73(76)67-64-61-58-55-52-49-24-21-18-15-12-9-6-3)81-75(78)69-66-63-60-57-54-51-48-46-44-41-32-30-28-26-23-20-17-14-11-8-5-2/h7-12,16-21,25-28,31-33,35-36,38-39,41-43,46,48-49,52,58,61,72H,4-6,13-15,22-24,29-30,34,37,40,44-45,47,50-51,53-57,59-60,62-71H2,1-3H3/b10-7-,11-8-,12-9-,19-16-,20-17-,21-18-,27-25-,28-26-,33-31-,36-35-,39-38-,41-32-,43-42-,48-46-,52-49-,61-58-. The predicted octanol–water partition coefficient (Wildman–Crippen LogP) is 22.2. The number of carbonyl (C=O) groups excluding carboxylic acids is 3. The quantitative estimate of drug-likeness (QED) is 0.0261. The van der Waals surface area contributed by atoms with Gasteiger partial charge in [-0.3, -0.25) is 14.4 Å². The first-order valence-electron chi connectivity index (χ1n) is 31.9. The van der Waals surface area contributed by atoms with Gasteiger partial charge in [0.2, 0.25) is 0 Å². The summed E-state index contributed by atoms with van der Waals surface area (Å²) in [5, 5.41) is 0. The van der Waals surface area contributed by atoms with Crippen molar-refractivity contribution in [2.45, 2.75) is 245 Å². The Hall–Kier alpha value is -5.75. The van der Waals surface area contributed by atoms with Crippen LogP contribution in [-0.4, -0.2) is 37.2 Å². The van der Waals surface area contributed by atoms with Crippen molar-refractivity contribution in [3.63, 3.8) is 0 Å². The second kappa shape index (κ2) is 66.8. The van der Waals surface area contributed by atoms with Gasteiger partial charge in [-0.25, -0.2) is 0 Å². The van der Waals surface area contributed by atoms with Crippen LogP contribution in [-0.2, 0) is 28.6 Å². The van der Waals surface area contributed by atoms with Crippen LogP contribution in [0.3, 0.4) is 0 Å². The second-order valence-electron chi connectivity index (χ2n) is 20.2. The number of ether oxygens (including phenoxy) is 3. The van der Waals surface area contributed by atoms with Gasteiger partial charge in [0.25, 0.3) is 0 Å². The number of allylic oxidation sites excluding steroid dienone is 32. The molecule has 0 bridgehead atoms. The lowest BCUT2D eigenvalue weighted by Gasteiger charge is -2.18. The number of hydrogen-bond donors (Lipinski definition) is 0. The van der Waals surface area contributed by atoms with E-state index in [1.165, 1.54) is 19.3 Å². The van der Waals surface area contributed by atoms with Gasteiger partial charge in [-0.15, -0.1) is 0 Å². The first-order valence-corrected chi connectivity index (χ1v) is 31.9. The van der Waals surface area contributed by atoms with Crippen molar-refractivity contribution in [3.05, 3.63) is 194 Å². The first-order chi connectivity index (χ1) is 40.0. The minimum absolute atomic E-state index is 0.125. The molecule has 1 unspecified atom stereocenters. The van der Waals surface area contributed by atoms with Crippen LogP contribution < -0.4 is 0 Å². The fourth-order valence-electron chi connectivity index (χ4n) is 7.93. The van der Waals surface area contributed by atoms with E-state index in [9.17, 15) is 14.4 Å². The largest absolute Gasteiger partial charge is 0.462 e. The summed E-state index contributed by atoms with van der Waals surface area (Å²) in [5.41, 5.74) is 0. The molecule has 0 saturated heterocycles. The maximum Gasteiger partial charge on any atom is 0.306 e. The second-order valence-corrected chi connectivity index (χ2v) is 20.2. The number of hydrogen-bond acceptors (Lipinski definition) is 6. The Morgan fingerprint density at radius 2 is 0.469 bits per heavy atom. The molecule has 0 aromatic carbocycles. The Morgan fingerprint density at radius 1 is 0.247 bits per heavy atom. The molecule has 0 aliphatic carbocycles. The molecule has 1 atom stereocenters. The molecule has 6 heteroatoms. The molecule has 81 heavy (non-hydrogen) atoms. The minimum Gasteiger partial charge on any atom is -0.462 e. The zero-order valence-corrected chi connectivity index (χ0v) is 51.5. The SMILES string of the molecule is CC/C=C\C/C=C\C/C=C\C/C=C\C/C=C\C/C=C\C/C=C\CCCCCCCCCC(=O)OCC(COC(=O)CC/C=C\C/C=C\C/C=C\C/C=C\CC)OC(=O)CCCCCCC/C=C\C/C=C\C/C=C\C/C=C\C/C=C\CC. The van der Waals surface area contributed by atoms with Gasteiger partial charge in [-0.05, 0) is 148 Å². The summed E-state index contributed by atoms with van der Waals surface area (Å²) in [7, 11) is 0. The molecule has 0 saturated carbocycles. The maximum atomic E-state index is 12.9. The van der Waals surface area contributed by atoms with Crippen molar-refractivity contribution in [1.29, 1.82) is 0 Å². The molecular formula is C75H114O6. The number of unbranched alkanes of at least 4 members (excludes halogenated alkanes) is 12. The van der Waals surface area contributed by atoms with Crippen LogP contribution in [0.25, 0.3) is 0 Å². The zero-order chi connectivity index (χ0) is 58.5. The molecule has 0 aliphatic rings. The molecule has 0 aliphatic heterocycles. The average Bonchev–Trinajstić information content (AvgIpc) is 3.46. The topological polar surface area (TPSA) is 78.9 Å². The minimum atomic E-state index is -0.835. The van der Waals surface area contributed by atoms with E-state index < -0.39 is 6.10 Å². The van der Waals surface area contributed by atoms with E-state index in [0.29, 0.717) is 12.8 Å². The van der Waals surface area contributed by atoms with Gasteiger partial charge in [0.15, 0.2) is 6.10 Å². The van der Waals surface area contributed by atoms with E-state index in [0.717, 1.165) is 173 Å². The van der Waals surface area contributed by atoms with Crippen LogP contribution in [0.15, 0.2) is 194 Å². The van der Waals surface area contributed by atoms with Crippen molar-refractivity contribution < 1.29 is 28.6 Å². The summed E-state index contributed by atoms with van der Waals surface area (Å²) < 4.78 is 16.8. The Morgan fingerprint density at radius 3 is 0.765 bits per heavy atom. The van der Waals surface area contributed by atoms with E-state index in [1.807, 2.05) is 12.2 Å². The van der Waals surface area contributed by atoms with Crippen LogP contribution in [0.5, 0.6) is 0 Å². The van der Waals surface area contributed by atoms with E-state index in [4.69, 9.17) is 14.2 Å². The molecule has 0 N–H and O–H groups in total. The summed E-state index contributed by atoms with van der Waals surface area (Å²) in [6, 6.07) is 0. The molecule has 0 heterocycles. The maximum absolute atomic E-state index is 12.9. The predicted molar refractivity (Wildman–Crippen MR) is 352 cm³/mol. The van der Waals surface area contributed by atoms with Crippen LogP contribution in [0, 0.1) is 0 Å². The fourth-order valence-corrected chi connectivity index (χ4v) is 7.93. The monoisotopic (exact) mass is 1110 g/mol. The molecule has 0 rings (SSSR count). The lowest BCUT2D eigenvalue weighted by Crippen LogP contribution is -2.30. The highest BCUT2D eigenvalue weighted by Crippen LogP contribution is 2.13. The molecule has 0 amide bonds. The Kier molecular flexibility index (Phi) is 62.0. The summed E-state index contributed by atoms with van der Waals surface area (Å²) in [6.45, 7) is 6.19. The molecule has 0 aromatic heterocycles. The highest BCUT2D eigenvalue weighted by Gasteiger charge is 2.19. The lowest BCUT2D eigenvalue weighted by atomic mass is 10.1. The summed E-state index contributed by atoms with van der Waals surface area (Å²) in [4.78, 5) is 38.3. The van der Waals surface area contributed by atoms with E-state index in [1.54, 1.807) is 0 Å².